The number of nitrogens with one attached hydrogen (secondary N) is 1. The van der Waals surface area contributed by atoms with E-state index in [4.69, 9.17) is 14.2 Å². The molecule has 0 saturated carbocycles. The van der Waals surface area contributed by atoms with Gasteiger partial charge >= 0.3 is 12.1 Å². The fourth-order valence-corrected chi connectivity index (χ4v) is 3.88. The molecule has 1 aromatic rings. The zero-order chi connectivity index (χ0) is 27.0. The van der Waals surface area contributed by atoms with Gasteiger partial charge in [0.25, 0.3) is 0 Å². The Labute approximate surface area is 210 Å². The maximum Gasteiger partial charge on any atom is 0.410 e. The molecule has 36 heavy (non-hydrogen) atoms. The van der Waals surface area contributed by atoms with Crippen LogP contribution in [-0.4, -0.2) is 77.6 Å². The molecule has 0 aromatic heterocycles. The molecule has 0 aliphatic carbocycles. The third kappa shape index (κ3) is 9.34. The van der Waals surface area contributed by atoms with Crippen LogP contribution in [0.1, 0.15) is 53.0 Å². The second kappa shape index (κ2) is 13.0. The second-order valence-electron chi connectivity index (χ2n) is 9.87. The first-order chi connectivity index (χ1) is 16.8. The van der Waals surface area contributed by atoms with Crippen LogP contribution >= 0.6 is 0 Å². The Morgan fingerprint density at radius 3 is 2.42 bits per heavy atom. The van der Waals surface area contributed by atoms with Gasteiger partial charge in [-0.25, -0.2) is 13.6 Å². The Bertz CT molecular complexity index is 902. The van der Waals surface area contributed by atoms with Crippen LogP contribution in [0.25, 0.3) is 0 Å². The fourth-order valence-electron chi connectivity index (χ4n) is 3.88. The van der Waals surface area contributed by atoms with E-state index in [-0.39, 0.29) is 44.1 Å². The number of nitrogens with zero attached hydrogens (tertiary/aromatic N) is 1. The van der Waals surface area contributed by atoms with Crippen molar-refractivity contribution in [3.63, 3.8) is 0 Å². The number of rotatable bonds is 9. The van der Waals surface area contributed by atoms with E-state index in [0.29, 0.717) is 6.42 Å². The van der Waals surface area contributed by atoms with Gasteiger partial charge in [-0.1, -0.05) is 6.92 Å². The number of carbonyl (C=O) groups excluding carboxylic acids is 3. The second-order valence-corrected chi connectivity index (χ2v) is 9.87. The highest BCUT2D eigenvalue weighted by atomic mass is 19.1. The molecular formula is C25H36F2N2O7. The van der Waals surface area contributed by atoms with E-state index in [1.54, 1.807) is 20.8 Å². The van der Waals surface area contributed by atoms with Crippen molar-refractivity contribution in [3.8, 4) is 0 Å². The highest BCUT2D eigenvalue weighted by Gasteiger charge is 2.42. The van der Waals surface area contributed by atoms with Gasteiger partial charge in [0.1, 0.15) is 29.9 Å². The molecule has 0 bridgehead atoms. The first kappa shape index (κ1) is 29.4. The molecule has 1 heterocycles. The molecule has 0 spiro atoms. The molecule has 0 radical (unpaired) electrons. The number of halogens is 2. The van der Waals surface area contributed by atoms with Gasteiger partial charge < -0.3 is 24.6 Å². The molecule has 4 atom stereocenters. The summed E-state index contributed by atoms with van der Waals surface area (Å²) >= 11 is 0. The van der Waals surface area contributed by atoms with Gasteiger partial charge in [-0.05, 0) is 51.3 Å². The summed E-state index contributed by atoms with van der Waals surface area (Å²) in [4.78, 5) is 38.0. The summed E-state index contributed by atoms with van der Waals surface area (Å²) in [6.07, 6.45) is -1.98. The summed E-state index contributed by atoms with van der Waals surface area (Å²) in [5.41, 5.74) is -0.615. The Morgan fingerprint density at radius 2 is 1.86 bits per heavy atom. The van der Waals surface area contributed by atoms with Gasteiger partial charge in [0.15, 0.2) is 0 Å². The van der Waals surface area contributed by atoms with Crippen molar-refractivity contribution in [2.24, 2.45) is 0 Å². The van der Waals surface area contributed by atoms with Crippen molar-refractivity contribution < 1.29 is 42.5 Å². The van der Waals surface area contributed by atoms with Gasteiger partial charge in [0.2, 0.25) is 5.91 Å². The van der Waals surface area contributed by atoms with E-state index in [9.17, 15) is 28.3 Å². The van der Waals surface area contributed by atoms with Crippen LogP contribution in [0.4, 0.5) is 13.6 Å². The van der Waals surface area contributed by atoms with E-state index >= 15 is 0 Å². The topological polar surface area (TPSA) is 114 Å². The Kier molecular flexibility index (Phi) is 10.6. The lowest BCUT2D eigenvalue weighted by molar-refractivity contribution is -0.155. The average Bonchev–Trinajstić information content (AvgIpc) is 2.74. The van der Waals surface area contributed by atoms with Crippen LogP contribution in [0, 0.1) is 11.6 Å². The fraction of sp³-hybridized carbons (Fsp3) is 0.640. The Balaban J connectivity index is 2.26. The highest BCUT2D eigenvalue weighted by Crippen LogP contribution is 2.23. The number of ether oxygens (including phenoxy) is 3. The van der Waals surface area contributed by atoms with Crippen molar-refractivity contribution in [2.75, 3.05) is 19.8 Å². The van der Waals surface area contributed by atoms with E-state index in [2.05, 4.69) is 5.32 Å². The standard InChI is InChI=1S/C25H36F2N2O7/c1-6-7-22(31)35-13-19-12-29(24(33)36-25(3,4)5)21(14-34-19)23(32)20(28-15(2)30)10-16-8-17(26)11-18(27)9-16/h8-9,11,19-21,23,32H,6-7,10,12-14H2,1-5H3,(H,28,30)/t19-,20+,21-,23+/m1/s1. The lowest BCUT2D eigenvalue weighted by Crippen LogP contribution is -2.63. The lowest BCUT2D eigenvalue weighted by atomic mass is 9.94. The molecule has 202 valence electrons. The zero-order valence-corrected chi connectivity index (χ0v) is 21.4. The summed E-state index contributed by atoms with van der Waals surface area (Å²) in [5.74, 6) is -2.45. The van der Waals surface area contributed by atoms with Gasteiger partial charge in [-0.15, -0.1) is 0 Å². The summed E-state index contributed by atoms with van der Waals surface area (Å²) in [7, 11) is 0. The molecule has 1 fully saturated rings. The smallest absolute Gasteiger partial charge is 0.410 e. The number of amides is 2. The molecule has 9 nitrogen and oxygen atoms in total. The van der Waals surface area contributed by atoms with Crippen LogP contribution < -0.4 is 5.32 Å². The highest BCUT2D eigenvalue weighted by molar-refractivity contribution is 5.73. The largest absolute Gasteiger partial charge is 0.463 e. The Hall–Kier alpha value is -2.79. The quantitative estimate of drug-likeness (QED) is 0.487. The first-order valence-corrected chi connectivity index (χ1v) is 12.0. The summed E-state index contributed by atoms with van der Waals surface area (Å²) < 4.78 is 44.0. The lowest BCUT2D eigenvalue weighted by Gasteiger charge is -2.43. The molecule has 2 N–H and O–H groups in total. The van der Waals surface area contributed by atoms with E-state index < -0.39 is 53.5 Å². The summed E-state index contributed by atoms with van der Waals surface area (Å²) in [5, 5.41) is 13.9. The third-order valence-corrected chi connectivity index (χ3v) is 5.39. The summed E-state index contributed by atoms with van der Waals surface area (Å²) in [6, 6.07) is 0.974. The van der Waals surface area contributed by atoms with Gasteiger partial charge in [-0.3, -0.25) is 14.5 Å². The molecule has 1 aromatic carbocycles. The number of morpholine rings is 1. The van der Waals surface area contributed by atoms with Crippen molar-refractivity contribution in [2.45, 2.75) is 83.8 Å². The van der Waals surface area contributed by atoms with Crippen LogP contribution in [-0.2, 0) is 30.2 Å². The van der Waals surface area contributed by atoms with Gasteiger partial charge in [-0.2, -0.15) is 0 Å². The van der Waals surface area contributed by atoms with E-state index in [0.717, 1.165) is 18.2 Å². The molecule has 1 saturated heterocycles. The molecule has 2 rings (SSSR count). The first-order valence-electron chi connectivity index (χ1n) is 12.0. The maximum atomic E-state index is 13.7. The van der Waals surface area contributed by atoms with Crippen LogP contribution in [0.5, 0.6) is 0 Å². The number of benzene rings is 1. The normalized spacial score (nSPS) is 19.8. The summed E-state index contributed by atoms with van der Waals surface area (Å²) in [6.45, 7) is 7.89. The average molecular weight is 515 g/mol. The van der Waals surface area contributed by atoms with Crippen LogP contribution in [0.15, 0.2) is 18.2 Å². The molecule has 2 amide bonds. The van der Waals surface area contributed by atoms with Crippen molar-refractivity contribution in [3.05, 3.63) is 35.4 Å². The molecule has 0 unspecified atom stereocenters. The SMILES string of the molecule is CCCC(=O)OC[C@H]1CN(C(=O)OC(C)(C)C)[C@@H]([C@@H](O)[C@H](Cc2cc(F)cc(F)c2)NC(C)=O)CO1. The minimum atomic E-state index is -1.38. The molecule has 1 aliphatic rings. The van der Waals surface area contributed by atoms with Crippen LogP contribution in [0.2, 0.25) is 0 Å². The number of aliphatic hydroxyl groups is 1. The maximum absolute atomic E-state index is 13.7. The third-order valence-electron chi connectivity index (χ3n) is 5.39. The molecular weight excluding hydrogens is 478 g/mol. The van der Waals surface area contributed by atoms with Crippen molar-refractivity contribution >= 4 is 18.0 Å². The molecule has 1 aliphatic heterocycles. The molecule has 11 heteroatoms. The number of hydrogen-bond donors (Lipinski definition) is 2. The van der Waals surface area contributed by atoms with E-state index in [1.165, 1.54) is 11.8 Å². The minimum absolute atomic E-state index is 0.0442. The van der Waals surface area contributed by atoms with Crippen molar-refractivity contribution in [1.82, 2.24) is 10.2 Å². The number of esters is 1. The van der Waals surface area contributed by atoms with Crippen LogP contribution in [0.3, 0.4) is 0 Å². The van der Waals surface area contributed by atoms with E-state index in [1.807, 2.05) is 6.92 Å². The Morgan fingerprint density at radius 1 is 1.22 bits per heavy atom. The number of aliphatic hydroxyl groups excluding tert-OH is 1. The van der Waals surface area contributed by atoms with Crippen molar-refractivity contribution in [1.29, 1.82) is 0 Å². The predicted molar refractivity (Wildman–Crippen MR) is 126 cm³/mol. The van der Waals surface area contributed by atoms with Gasteiger partial charge in [0.05, 0.1) is 31.3 Å². The minimum Gasteiger partial charge on any atom is -0.463 e. The van der Waals surface area contributed by atoms with Gasteiger partial charge in [0, 0.05) is 19.4 Å². The number of carbonyl (C=O) groups is 3. The number of hydrogen-bond acceptors (Lipinski definition) is 7. The zero-order valence-electron chi connectivity index (χ0n) is 21.4. The monoisotopic (exact) mass is 514 g/mol. The predicted octanol–water partition coefficient (Wildman–Crippen LogP) is 2.72.